The third-order valence-corrected chi connectivity index (χ3v) is 3.62. The predicted molar refractivity (Wildman–Crippen MR) is 48.2 cm³/mol. The third-order valence-electron chi connectivity index (χ3n) is 1.28. The van der Waals surface area contributed by atoms with Crippen molar-refractivity contribution in [2.45, 2.75) is 4.90 Å². The number of nitrogens with zero attached hydrogens (tertiary/aromatic N) is 1. The molecule has 0 spiro atoms. The van der Waals surface area contributed by atoms with E-state index in [1.807, 2.05) is 0 Å². The van der Waals surface area contributed by atoms with E-state index in [0.29, 0.717) is 4.60 Å². The van der Waals surface area contributed by atoms with Crippen LogP contribution in [0.1, 0.15) is 0 Å². The van der Waals surface area contributed by atoms with Crippen molar-refractivity contribution in [1.82, 2.24) is 9.71 Å². The van der Waals surface area contributed by atoms with Crippen molar-refractivity contribution in [3.05, 3.63) is 22.9 Å². The van der Waals surface area contributed by atoms with E-state index < -0.39 is 10.0 Å². The minimum absolute atomic E-state index is 0.146. The molecule has 1 heterocycles. The second-order valence-corrected chi connectivity index (χ2v) is 4.61. The van der Waals surface area contributed by atoms with Crippen molar-refractivity contribution in [2.75, 3.05) is 7.05 Å². The highest BCUT2D eigenvalue weighted by Crippen LogP contribution is 2.17. The Balaban J connectivity index is 3.30. The Morgan fingerprint density at radius 3 is 2.75 bits per heavy atom. The van der Waals surface area contributed by atoms with E-state index in [-0.39, 0.29) is 4.90 Å². The van der Waals surface area contributed by atoms with Crippen LogP contribution < -0.4 is 4.72 Å². The van der Waals surface area contributed by atoms with Gasteiger partial charge < -0.3 is 0 Å². The molecule has 0 aliphatic carbocycles. The number of halogens is 1. The quantitative estimate of drug-likeness (QED) is 0.789. The van der Waals surface area contributed by atoms with Crippen molar-refractivity contribution >= 4 is 26.0 Å². The molecule has 0 aliphatic rings. The van der Waals surface area contributed by atoms with Gasteiger partial charge in [-0.05, 0) is 35.1 Å². The molecule has 0 fully saturated rings. The zero-order chi connectivity index (χ0) is 9.19. The Hall–Kier alpha value is -0.460. The van der Waals surface area contributed by atoms with Gasteiger partial charge in [0.1, 0.15) is 9.50 Å². The van der Waals surface area contributed by atoms with Gasteiger partial charge in [-0.25, -0.2) is 18.1 Å². The van der Waals surface area contributed by atoms with Crippen LogP contribution in [0.5, 0.6) is 0 Å². The average molecular weight is 251 g/mol. The number of rotatable bonds is 2. The Morgan fingerprint density at radius 2 is 2.25 bits per heavy atom. The highest BCUT2D eigenvalue weighted by atomic mass is 79.9. The van der Waals surface area contributed by atoms with Crippen molar-refractivity contribution in [3.8, 4) is 0 Å². The lowest BCUT2D eigenvalue weighted by Gasteiger charge is -2.02. The van der Waals surface area contributed by atoms with E-state index in [1.54, 1.807) is 6.07 Å². The Kier molecular flexibility index (Phi) is 2.81. The first kappa shape index (κ1) is 9.63. The van der Waals surface area contributed by atoms with Gasteiger partial charge in [0, 0.05) is 6.20 Å². The maximum Gasteiger partial charge on any atom is 0.243 e. The number of pyridine rings is 1. The molecule has 1 N–H and O–H groups in total. The monoisotopic (exact) mass is 250 g/mol. The molecule has 1 rings (SSSR count). The topological polar surface area (TPSA) is 59.1 Å². The van der Waals surface area contributed by atoms with Gasteiger partial charge in [0.15, 0.2) is 0 Å². The van der Waals surface area contributed by atoms with Crippen LogP contribution in [0, 0.1) is 0 Å². The van der Waals surface area contributed by atoms with Crippen LogP contribution >= 0.6 is 15.9 Å². The smallest absolute Gasteiger partial charge is 0.243 e. The van der Waals surface area contributed by atoms with Crippen LogP contribution in [0.25, 0.3) is 0 Å². The summed E-state index contributed by atoms with van der Waals surface area (Å²) in [7, 11) is -2.03. The first-order chi connectivity index (χ1) is 5.58. The number of hydrogen-bond donors (Lipinski definition) is 1. The van der Waals surface area contributed by atoms with Gasteiger partial charge in [-0.3, -0.25) is 0 Å². The van der Waals surface area contributed by atoms with Gasteiger partial charge in [-0.1, -0.05) is 0 Å². The summed E-state index contributed by atoms with van der Waals surface area (Å²) in [5.74, 6) is 0. The molecule has 0 aliphatic heterocycles. The average Bonchev–Trinajstić information content (AvgIpc) is 2.05. The van der Waals surface area contributed by atoms with E-state index in [2.05, 4.69) is 25.6 Å². The molecule has 0 aromatic carbocycles. The summed E-state index contributed by atoms with van der Waals surface area (Å²) < 4.78 is 25.0. The first-order valence-electron chi connectivity index (χ1n) is 3.12. The van der Waals surface area contributed by atoms with E-state index in [1.165, 1.54) is 19.3 Å². The summed E-state index contributed by atoms with van der Waals surface area (Å²) in [6, 6.07) is 3.04. The Bertz CT molecular complexity index is 377. The van der Waals surface area contributed by atoms with Crippen LogP contribution in [0.15, 0.2) is 27.8 Å². The zero-order valence-electron chi connectivity index (χ0n) is 6.28. The molecule has 1 aromatic rings. The summed E-state index contributed by atoms with van der Waals surface area (Å²) in [5, 5.41) is 0. The fourth-order valence-corrected chi connectivity index (χ4v) is 2.32. The van der Waals surface area contributed by atoms with Crippen molar-refractivity contribution < 1.29 is 8.42 Å². The standard InChI is InChI=1S/C6H7BrN2O2S/c1-8-12(10,11)5-3-2-4-9-6(5)7/h2-4,8H,1H3. The van der Waals surface area contributed by atoms with Crippen LogP contribution in [0.4, 0.5) is 0 Å². The molecule has 0 radical (unpaired) electrons. The van der Waals surface area contributed by atoms with Crippen LogP contribution in [-0.4, -0.2) is 20.4 Å². The van der Waals surface area contributed by atoms with Crippen molar-refractivity contribution in [2.24, 2.45) is 0 Å². The van der Waals surface area contributed by atoms with Crippen LogP contribution in [-0.2, 0) is 10.0 Å². The van der Waals surface area contributed by atoms with Gasteiger partial charge in [0.2, 0.25) is 10.0 Å². The fourth-order valence-electron chi connectivity index (χ4n) is 0.682. The summed E-state index contributed by atoms with van der Waals surface area (Å²) in [4.78, 5) is 3.94. The molecule has 0 unspecified atom stereocenters. The number of nitrogens with one attached hydrogen (secondary N) is 1. The van der Waals surface area contributed by atoms with Gasteiger partial charge in [-0.2, -0.15) is 0 Å². The molecular formula is C6H7BrN2O2S. The van der Waals surface area contributed by atoms with E-state index in [0.717, 1.165) is 0 Å². The summed E-state index contributed by atoms with van der Waals surface area (Å²) in [6.45, 7) is 0. The molecule has 0 saturated carbocycles. The lowest BCUT2D eigenvalue weighted by atomic mass is 10.5. The molecule has 4 nitrogen and oxygen atoms in total. The van der Waals surface area contributed by atoms with E-state index >= 15 is 0 Å². The highest BCUT2D eigenvalue weighted by Gasteiger charge is 2.14. The minimum Gasteiger partial charge on any atom is -0.248 e. The number of hydrogen-bond acceptors (Lipinski definition) is 3. The molecule has 6 heteroatoms. The van der Waals surface area contributed by atoms with E-state index in [4.69, 9.17) is 0 Å². The molecule has 0 amide bonds. The predicted octanol–water partition coefficient (Wildman–Crippen LogP) is 0.752. The molecule has 12 heavy (non-hydrogen) atoms. The molecule has 1 aromatic heterocycles. The summed E-state index contributed by atoms with van der Waals surface area (Å²) >= 11 is 3.04. The Morgan fingerprint density at radius 1 is 1.58 bits per heavy atom. The lowest BCUT2D eigenvalue weighted by Crippen LogP contribution is -2.19. The second-order valence-electron chi connectivity index (χ2n) is 2.00. The van der Waals surface area contributed by atoms with Gasteiger partial charge >= 0.3 is 0 Å². The highest BCUT2D eigenvalue weighted by molar-refractivity contribution is 9.10. The normalized spacial score (nSPS) is 11.5. The molecular weight excluding hydrogens is 244 g/mol. The summed E-state index contributed by atoms with van der Waals surface area (Å²) in [5.41, 5.74) is 0. The van der Waals surface area contributed by atoms with Crippen molar-refractivity contribution in [3.63, 3.8) is 0 Å². The van der Waals surface area contributed by atoms with Gasteiger partial charge in [0.25, 0.3) is 0 Å². The van der Waals surface area contributed by atoms with Gasteiger partial charge in [0.05, 0.1) is 0 Å². The maximum atomic E-state index is 11.2. The van der Waals surface area contributed by atoms with Crippen LogP contribution in [0.3, 0.4) is 0 Å². The van der Waals surface area contributed by atoms with E-state index in [9.17, 15) is 8.42 Å². The molecule has 66 valence electrons. The fraction of sp³-hybridized carbons (Fsp3) is 0.167. The largest absolute Gasteiger partial charge is 0.248 e. The Labute approximate surface area is 79.2 Å². The van der Waals surface area contributed by atoms with Crippen molar-refractivity contribution in [1.29, 1.82) is 0 Å². The lowest BCUT2D eigenvalue weighted by molar-refractivity contribution is 0.587. The first-order valence-corrected chi connectivity index (χ1v) is 5.39. The summed E-state index contributed by atoms with van der Waals surface area (Å²) in [6.07, 6.45) is 1.51. The van der Waals surface area contributed by atoms with Crippen LogP contribution in [0.2, 0.25) is 0 Å². The van der Waals surface area contributed by atoms with Gasteiger partial charge in [-0.15, -0.1) is 0 Å². The second kappa shape index (κ2) is 3.51. The maximum absolute atomic E-state index is 11.2. The molecule has 0 saturated heterocycles. The number of sulfonamides is 1. The number of aromatic nitrogens is 1. The zero-order valence-corrected chi connectivity index (χ0v) is 8.68. The minimum atomic E-state index is -3.39. The SMILES string of the molecule is CNS(=O)(=O)c1cccnc1Br. The third kappa shape index (κ3) is 1.82. The molecule has 0 bridgehead atoms. The molecule has 0 atom stereocenters.